The van der Waals surface area contributed by atoms with Gasteiger partial charge in [-0.25, -0.2) is 0 Å². The van der Waals surface area contributed by atoms with Gasteiger partial charge in [-0.05, 0) is 12.1 Å². The Morgan fingerprint density at radius 3 is 2.84 bits per heavy atom. The molecule has 3 N–H and O–H groups in total. The molecule has 0 saturated carbocycles. The molecule has 1 fully saturated rings. The van der Waals surface area contributed by atoms with Crippen LogP contribution in [-0.2, 0) is 4.74 Å². The van der Waals surface area contributed by atoms with E-state index in [1.165, 1.54) is 0 Å². The smallest absolute Gasteiger partial charge is 0.124 e. The summed E-state index contributed by atoms with van der Waals surface area (Å²) in [7, 11) is 0. The molecule has 0 aliphatic carbocycles. The van der Waals surface area contributed by atoms with E-state index in [0.717, 1.165) is 17.9 Å². The molecule has 4 nitrogen and oxygen atoms in total. The van der Waals surface area contributed by atoms with Gasteiger partial charge in [0.15, 0.2) is 0 Å². The molecule has 2 atom stereocenters. The van der Waals surface area contributed by atoms with Gasteiger partial charge in [-0.15, -0.1) is 0 Å². The first-order chi connectivity index (χ1) is 9.13. The van der Waals surface area contributed by atoms with Gasteiger partial charge < -0.3 is 15.6 Å². The molecule has 1 aromatic rings. The molecular formula is C13H16I2N2O2. The number of rotatable bonds is 3. The SMILES string of the molecule is NCCN1C(I)COC(=Cc2ccccc2O)C1I. The van der Waals surface area contributed by atoms with Crippen molar-refractivity contribution >= 4 is 51.3 Å². The molecule has 2 unspecified atom stereocenters. The number of hydrogen-bond acceptors (Lipinski definition) is 4. The number of ether oxygens (including phenoxy) is 1. The summed E-state index contributed by atoms with van der Waals surface area (Å²) in [6.45, 7) is 2.10. The Hall–Kier alpha value is -0.0600. The number of para-hydroxylation sites is 1. The van der Waals surface area contributed by atoms with Gasteiger partial charge in [-0.1, -0.05) is 63.4 Å². The van der Waals surface area contributed by atoms with Crippen molar-refractivity contribution in [1.82, 2.24) is 4.90 Å². The van der Waals surface area contributed by atoms with Crippen LogP contribution in [0.3, 0.4) is 0 Å². The summed E-state index contributed by atoms with van der Waals surface area (Å²) in [5, 5.41) is 9.81. The summed E-state index contributed by atoms with van der Waals surface area (Å²) < 4.78 is 6.25. The van der Waals surface area contributed by atoms with Crippen LogP contribution in [0.4, 0.5) is 0 Å². The number of nitrogens with two attached hydrogens (primary N) is 1. The van der Waals surface area contributed by atoms with Crippen LogP contribution in [0, 0.1) is 0 Å². The van der Waals surface area contributed by atoms with Gasteiger partial charge in [0, 0.05) is 18.7 Å². The van der Waals surface area contributed by atoms with Crippen LogP contribution in [0.15, 0.2) is 30.0 Å². The van der Waals surface area contributed by atoms with E-state index < -0.39 is 0 Å². The predicted molar refractivity (Wildman–Crippen MR) is 93.4 cm³/mol. The van der Waals surface area contributed by atoms with Gasteiger partial charge in [0.05, 0.1) is 4.05 Å². The largest absolute Gasteiger partial charge is 0.507 e. The summed E-state index contributed by atoms with van der Waals surface area (Å²) in [4.78, 5) is 2.30. The van der Waals surface area contributed by atoms with Gasteiger partial charge in [-0.3, -0.25) is 4.90 Å². The van der Waals surface area contributed by atoms with E-state index in [4.69, 9.17) is 10.5 Å². The lowest BCUT2D eigenvalue weighted by Crippen LogP contribution is -2.47. The molecule has 1 heterocycles. The number of nitrogens with zero attached hydrogens (tertiary/aromatic N) is 1. The molecule has 0 radical (unpaired) electrons. The lowest BCUT2D eigenvalue weighted by molar-refractivity contribution is 0.0827. The molecule has 1 aliphatic rings. The second-order valence-corrected chi connectivity index (χ2v) is 6.83. The number of aromatic hydroxyl groups is 1. The van der Waals surface area contributed by atoms with Crippen LogP contribution in [0.25, 0.3) is 6.08 Å². The summed E-state index contributed by atoms with van der Waals surface area (Å²) in [5.74, 6) is 1.13. The van der Waals surface area contributed by atoms with Crippen LogP contribution in [0.1, 0.15) is 5.56 Å². The molecule has 0 amide bonds. The predicted octanol–water partition coefficient (Wildman–Crippen LogP) is 2.55. The average Bonchev–Trinajstić information content (AvgIpc) is 2.40. The van der Waals surface area contributed by atoms with Gasteiger partial charge in [0.25, 0.3) is 0 Å². The number of phenols is 1. The van der Waals surface area contributed by atoms with Crippen LogP contribution in [-0.4, -0.2) is 37.8 Å². The van der Waals surface area contributed by atoms with Crippen molar-refractivity contribution in [1.29, 1.82) is 0 Å². The third-order valence-corrected chi connectivity index (χ3v) is 5.30. The molecule has 0 spiro atoms. The molecule has 6 heteroatoms. The number of benzene rings is 1. The Morgan fingerprint density at radius 1 is 1.42 bits per heavy atom. The first kappa shape index (κ1) is 15.3. The lowest BCUT2D eigenvalue weighted by atomic mass is 10.1. The quantitative estimate of drug-likeness (QED) is 0.392. The molecule has 19 heavy (non-hydrogen) atoms. The Labute approximate surface area is 140 Å². The van der Waals surface area contributed by atoms with E-state index in [9.17, 15) is 5.11 Å². The van der Waals surface area contributed by atoms with E-state index in [-0.39, 0.29) is 9.80 Å². The first-order valence-corrected chi connectivity index (χ1v) is 8.49. The minimum absolute atomic E-state index is 0.136. The van der Waals surface area contributed by atoms with Crippen molar-refractivity contribution < 1.29 is 9.84 Å². The maximum atomic E-state index is 9.81. The van der Waals surface area contributed by atoms with Crippen molar-refractivity contribution in [2.75, 3.05) is 19.7 Å². The standard InChI is InChI=1S/C13H16I2N2O2/c14-12-8-19-11(13(15)17(12)6-5-16)7-9-3-1-2-4-10(9)18/h1-4,7,12-13,18H,5-6,8,16H2. The third kappa shape index (κ3) is 3.73. The zero-order valence-electron chi connectivity index (χ0n) is 10.3. The van der Waals surface area contributed by atoms with E-state index >= 15 is 0 Å². The summed E-state index contributed by atoms with van der Waals surface area (Å²) in [6, 6.07) is 7.26. The molecule has 0 bridgehead atoms. The highest BCUT2D eigenvalue weighted by molar-refractivity contribution is 14.1. The van der Waals surface area contributed by atoms with Gasteiger partial charge in [0.1, 0.15) is 22.2 Å². The number of morpholine rings is 1. The van der Waals surface area contributed by atoms with Crippen LogP contribution in [0.2, 0.25) is 0 Å². The van der Waals surface area contributed by atoms with Crippen molar-refractivity contribution in [3.63, 3.8) is 0 Å². The topological polar surface area (TPSA) is 58.7 Å². The van der Waals surface area contributed by atoms with Crippen LogP contribution < -0.4 is 5.73 Å². The third-order valence-electron chi connectivity index (χ3n) is 2.90. The monoisotopic (exact) mass is 486 g/mol. The second-order valence-electron chi connectivity index (χ2n) is 4.21. The fourth-order valence-corrected chi connectivity index (χ4v) is 4.33. The summed E-state index contributed by atoms with van der Waals surface area (Å²) in [6.07, 6.45) is 1.90. The highest BCUT2D eigenvalue weighted by Gasteiger charge is 2.31. The van der Waals surface area contributed by atoms with E-state index in [0.29, 0.717) is 17.2 Å². The normalized spacial score (nSPS) is 26.4. The molecule has 1 saturated heterocycles. The zero-order valence-corrected chi connectivity index (χ0v) is 14.6. The Bertz CT molecular complexity index is 468. The Morgan fingerprint density at radius 2 is 2.16 bits per heavy atom. The van der Waals surface area contributed by atoms with Crippen molar-refractivity contribution in [3.05, 3.63) is 35.6 Å². The van der Waals surface area contributed by atoms with E-state index in [2.05, 4.69) is 50.1 Å². The highest BCUT2D eigenvalue weighted by atomic mass is 127. The summed E-state index contributed by atoms with van der Waals surface area (Å²) in [5.41, 5.74) is 6.43. The molecule has 1 aliphatic heterocycles. The minimum Gasteiger partial charge on any atom is -0.507 e. The number of alkyl halides is 2. The van der Waals surface area contributed by atoms with Crippen LogP contribution >= 0.6 is 45.2 Å². The van der Waals surface area contributed by atoms with Crippen LogP contribution in [0.5, 0.6) is 5.75 Å². The maximum absolute atomic E-state index is 9.81. The Kier molecular flexibility index (Phi) is 5.72. The summed E-state index contributed by atoms with van der Waals surface area (Å²) >= 11 is 4.72. The lowest BCUT2D eigenvalue weighted by Gasteiger charge is -2.38. The zero-order chi connectivity index (χ0) is 13.8. The molecule has 2 rings (SSSR count). The maximum Gasteiger partial charge on any atom is 0.124 e. The molecular weight excluding hydrogens is 470 g/mol. The number of phenolic OH excluding ortho intramolecular Hbond substituents is 1. The van der Waals surface area contributed by atoms with Gasteiger partial charge >= 0.3 is 0 Å². The molecule has 104 valence electrons. The van der Waals surface area contributed by atoms with E-state index in [1.54, 1.807) is 6.07 Å². The van der Waals surface area contributed by atoms with Gasteiger partial charge in [0.2, 0.25) is 0 Å². The second kappa shape index (κ2) is 7.09. The Balaban J connectivity index is 2.23. The molecule has 1 aromatic carbocycles. The minimum atomic E-state index is 0.136. The van der Waals surface area contributed by atoms with Crippen molar-refractivity contribution in [2.45, 2.75) is 8.10 Å². The fourth-order valence-electron chi connectivity index (χ4n) is 1.91. The number of halogens is 2. The van der Waals surface area contributed by atoms with Crippen molar-refractivity contribution in [2.24, 2.45) is 5.73 Å². The molecule has 0 aromatic heterocycles. The average molecular weight is 486 g/mol. The number of hydrogen-bond donors (Lipinski definition) is 2. The van der Waals surface area contributed by atoms with E-state index in [1.807, 2.05) is 24.3 Å². The van der Waals surface area contributed by atoms with Gasteiger partial charge in [-0.2, -0.15) is 0 Å². The fraction of sp³-hybridized carbons (Fsp3) is 0.385. The highest BCUT2D eigenvalue weighted by Crippen LogP contribution is 2.31. The van der Waals surface area contributed by atoms with Crippen molar-refractivity contribution in [3.8, 4) is 5.75 Å². The first-order valence-electron chi connectivity index (χ1n) is 6.00.